The van der Waals surface area contributed by atoms with E-state index in [1.54, 1.807) is 0 Å². The number of aliphatic imine (C=N–C) groups is 2. The largest absolute Gasteiger partial charge is 0.370 e. The molecule has 6 nitrogen and oxygen atoms in total. The van der Waals surface area contributed by atoms with Gasteiger partial charge >= 0.3 is 0 Å². The van der Waals surface area contributed by atoms with Gasteiger partial charge in [-0.3, -0.25) is 9.98 Å². The Kier molecular flexibility index (Phi) is 10.1. The van der Waals surface area contributed by atoms with E-state index >= 15 is 0 Å². The molecule has 8 heteroatoms. The van der Waals surface area contributed by atoms with Crippen molar-refractivity contribution in [2.24, 2.45) is 32.0 Å². The third-order valence-corrected chi connectivity index (χ3v) is 4.47. The zero-order valence-corrected chi connectivity index (χ0v) is 18.6. The predicted octanol–water partition coefficient (Wildman–Crippen LogP) is 3.90. The molecule has 0 bridgehead atoms. The summed E-state index contributed by atoms with van der Waals surface area (Å²) in [6, 6.07) is 0. The van der Waals surface area contributed by atoms with E-state index in [4.69, 9.17) is 10.2 Å². The lowest BCUT2D eigenvalue weighted by molar-refractivity contribution is 0.394. The molecule has 0 spiro atoms. The van der Waals surface area contributed by atoms with Crippen LogP contribution in [-0.2, 0) is 0 Å². The van der Waals surface area contributed by atoms with E-state index in [0.717, 1.165) is 50.7 Å². The quantitative estimate of drug-likeness (QED) is 0.599. The molecule has 2 rings (SSSR count). The van der Waals surface area contributed by atoms with E-state index in [2.05, 4.69) is 62.2 Å². The molecule has 0 radical (unpaired) electrons. The molecule has 0 aromatic rings. The number of rotatable bonds is 8. The summed E-state index contributed by atoms with van der Waals surface area (Å²) < 4.78 is 0. The highest BCUT2D eigenvalue weighted by molar-refractivity contribution is 5.93. The lowest BCUT2D eigenvalue weighted by Gasteiger charge is -2.30. The fourth-order valence-corrected chi connectivity index (χ4v) is 3.70. The van der Waals surface area contributed by atoms with Crippen molar-refractivity contribution < 1.29 is 0 Å². The Morgan fingerprint density at radius 3 is 1.38 bits per heavy atom. The summed E-state index contributed by atoms with van der Waals surface area (Å²) in [5.74, 6) is 3.01. The molecule has 152 valence electrons. The Morgan fingerprint density at radius 2 is 1.15 bits per heavy atom. The van der Waals surface area contributed by atoms with Gasteiger partial charge in [0.15, 0.2) is 0 Å². The number of azo groups is 1. The Bertz CT molecular complexity index is 486. The van der Waals surface area contributed by atoms with Crippen molar-refractivity contribution in [3.63, 3.8) is 0 Å². The fraction of sp³-hybridized carbons (Fsp3) is 0.889. The van der Waals surface area contributed by atoms with Gasteiger partial charge in [0.25, 0.3) is 0 Å². The van der Waals surface area contributed by atoms with Crippen LogP contribution in [0.1, 0.15) is 54.4 Å². The first-order valence-corrected chi connectivity index (χ1v) is 9.27. The van der Waals surface area contributed by atoms with Crippen LogP contribution in [0.5, 0.6) is 0 Å². The average molecular weight is 407 g/mol. The number of halogens is 2. The first-order valence-electron chi connectivity index (χ1n) is 9.27. The highest BCUT2D eigenvalue weighted by Gasteiger charge is 2.37. The maximum Gasteiger partial charge on any atom is 0.136 e. The molecular formula is C18H36Cl2N6. The zero-order valence-electron chi connectivity index (χ0n) is 17.0. The van der Waals surface area contributed by atoms with Gasteiger partial charge in [0.2, 0.25) is 0 Å². The van der Waals surface area contributed by atoms with Gasteiger partial charge in [-0.1, -0.05) is 27.7 Å². The highest BCUT2D eigenvalue weighted by atomic mass is 35.5. The first kappa shape index (κ1) is 25.1. The standard InChI is InChI=1S/C18H34N6.2ClH/c1-13(2)11-17(5,15-19-7-8-20-15)23-24-18(6,12-14(3)4)16-21-9-10-22-16;;/h13-14H,7-12H2,1-6H3,(H,19,20)(H,21,22);2*1H. The molecule has 2 unspecified atom stereocenters. The van der Waals surface area contributed by atoms with Crippen molar-refractivity contribution in [3.05, 3.63) is 0 Å². The van der Waals surface area contributed by atoms with E-state index in [9.17, 15) is 0 Å². The average Bonchev–Trinajstić information content (AvgIpc) is 3.17. The van der Waals surface area contributed by atoms with Crippen LogP contribution in [0.4, 0.5) is 0 Å². The van der Waals surface area contributed by atoms with Gasteiger partial charge in [-0.05, 0) is 38.5 Å². The summed E-state index contributed by atoms with van der Waals surface area (Å²) in [6.07, 6.45) is 1.86. The Hall–Kier alpha value is -0.880. The van der Waals surface area contributed by atoms with Gasteiger partial charge in [0.1, 0.15) is 22.7 Å². The maximum absolute atomic E-state index is 4.86. The topological polar surface area (TPSA) is 73.5 Å². The Morgan fingerprint density at radius 1 is 0.808 bits per heavy atom. The molecule has 0 saturated heterocycles. The van der Waals surface area contributed by atoms with E-state index in [1.165, 1.54) is 0 Å². The zero-order chi connectivity index (χ0) is 17.8. The molecule has 2 aliphatic heterocycles. The second-order valence-corrected chi connectivity index (χ2v) is 8.26. The lowest BCUT2D eigenvalue weighted by Crippen LogP contribution is -2.45. The predicted molar refractivity (Wildman–Crippen MR) is 116 cm³/mol. The SMILES string of the molecule is CC(C)CC(C)(N=NC(C)(CC(C)C)C1=NCCN1)C1=NCCN1.Cl.Cl. The van der Waals surface area contributed by atoms with Gasteiger partial charge < -0.3 is 10.6 Å². The number of hydrogen-bond acceptors (Lipinski definition) is 6. The van der Waals surface area contributed by atoms with Crippen LogP contribution in [0.3, 0.4) is 0 Å². The first-order chi connectivity index (χ1) is 11.3. The van der Waals surface area contributed by atoms with Crippen molar-refractivity contribution in [3.8, 4) is 0 Å². The summed E-state index contributed by atoms with van der Waals surface area (Å²) in [4.78, 5) is 9.25. The molecule has 26 heavy (non-hydrogen) atoms. The van der Waals surface area contributed by atoms with Gasteiger partial charge in [-0.15, -0.1) is 24.8 Å². The van der Waals surface area contributed by atoms with Gasteiger partial charge in [-0.2, -0.15) is 10.2 Å². The molecule has 0 fully saturated rings. The molecular weight excluding hydrogens is 371 g/mol. The molecule has 2 atom stereocenters. The van der Waals surface area contributed by atoms with Crippen LogP contribution in [0.2, 0.25) is 0 Å². The molecule has 2 N–H and O–H groups in total. The Balaban J connectivity index is 0.00000312. The second-order valence-electron chi connectivity index (χ2n) is 8.26. The summed E-state index contributed by atoms with van der Waals surface area (Å²) in [7, 11) is 0. The minimum absolute atomic E-state index is 0. The minimum Gasteiger partial charge on any atom is -0.370 e. The maximum atomic E-state index is 4.86. The van der Waals surface area contributed by atoms with Gasteiger partial charge in [0.05, 0.1) is 13.1 Å². The molecule has 0 saturated carbocycles. The fourth-order valence-electron chi connectivity index (χ4n) is 3.70. The molecule has 0 aromatic heterocycles. The van der Waals surface area contributed by atoms with Crippen LogP contribution >= 0.6 is 24.8 Å². The van der Waals surface area contributed by atoms with Crippen LogP contribution in [0.15, 0.2) is 20.2 Å². The third-order valence-electron chi connectivity index (χ3n) is 4.47. The van der Waals surface area contributed by atoms with Crippen molar-refractivity contribution in [2.75, 3.05) is 26.2 Å². The molecule has 0 amide bonds. The van der Waals surface area contributed by atoms with Crippen LogP contribution in [0.25, 0.3) is 0 Å². The van der Waals surface area contributed by atoms with Crippen LogP contribution in [0, 0.1) is 11.8 Å². The normalized spacial score (nSPS) is 21.2. The summed E-state index contributed by atoms with van der Waals surface area (Å²) in [6.45, 7) is 16.6. The number of nitrogens with zero attached hydrogens (tertiary/aromatic N) is 4. The highest BCUT2D eigenvalue weighted by Crippen LogP contribution is 2.29. The number of amidine groups is 2. The van der Waals surface area contributed by atoms with Crippen molar-refractivity contribution in [1.82, 2.24) is 10.6 Å². The number of nitrogens with one attached hydrogen (secondary N) is 2. The smallest absolute Gasteiger partial charge is 0.136 e. The summed E-state index contributed by atoms with van der Waals surface area (Å²) in [5.41, 5.74) is -0.774. The van der Waals surface area contributed by atoms with Crippen LogP contribution < -0.4 is 10.6 Å². The molecule has 2 heterocycles. The van der Waals surface area contributed by atoms with E-state index in [0.29, 0.717) is 11.8 Å². The summed E-state index contributed by atoms with van der Waals surface area (Å²) >= 11 is 0. The number of hydrogen-bond donors (Lipinski definition) is 2. The van der Waals surface area contributed by atoms with Gasteiger partial charge in [0, 0.05) is 13.1 Å². The molecule has 0 aromatic carbocycles. The van der Waals surface area contributed by atoms with E-state index < -0.39 is 0 Å². The second kappa shape index (κ2) is 10.5. The van der Waals surface area contributed by atoms with Crippen molar-refractivity contribution >= 4 is 36.5 Å². The van der Waals surface area contributed by atoms with Gasteiger partial charge in [-0.25, -0.2) is 0 Å². The molecule has 2 aliphatic rings. The lowest BCUT2D eigenvalue weighted by atomic mass is 9.89. The minimum atomic E-state index is -0.387. The van der Waals surface area contributed by atoms with Crippen molar-refractivity contribution in [2.45, 2.75) is 65.5 Å². The third kappa shape index (κ3) is 6.38. The van der Waals surface area contributed by atoms with Crippen LogP contribution in [-0.4, -0.2) is 48.9 Å². The van der Waals surface area contributed by atoms with E-state index in [-0.39, 0.29) is 35.9 Å². The Labute approximate surface area is 171 Å². The molecule has 0 aliphatic carbocycles. The van der Waals surface area contributed by atoms with Crippen molar-refractivity contribution in [1.29, 1.82) is 0 Å². The summed E-state index contributed by atoms with van der Waals surface area (Å²) in [5, 5.41) is 16.5. The van der Waals surface area contributed by atoms with E-state index in [1.807, 2.05) is 0 Å². The monoisotopic (exact) mass is 406 g/mol.